The van der Waals surface area contributed by atoms with Crippen LogP contribution in [-0.4, -0.2) is 37.3 Å². The second-order valence-corrected chi connectivity index (χ2v) is 3.09. The van der Waals surface area contributed by atoms with Gasteiger partial charge in [0.05, 0.1) is 0 Å². The van der Waals surface area contributed by atoms with Crippen LogP contribution in [0.2, 0.25) is 0 Å². The van der Waals surface area contributed by atoms with Crippen LogP contribution in [0.25, 0.3) is 0 Å². The van der Waals surface area contributed by atoms with E-state index in [-0.39, 0.29) is 0 Å². The molecule has 0 bridgehead atoms. The first kappa shape index (κ1) is 20.7. The number of carboxylic acid groups (broad SMARTS) is 1. The van der Waals surface area contributed by atoms with E-state index in [2.05, 4.69) is 0 Å². The molecule has 0 atom stereocenters. The molecule has 0 aromatic carbocycles. The van der Waals surface area contributed by atoms with Gasteiger partial charge in [0, 0.05) is 6.92 Å². The van der Waals surface area contributed by atoms with Gasteiger partial charge in [-0.15, -0.1) is 0 Å². The molecule has 0 amide bonds. The Morgan fingerprint density at radius 3 is 1.00 bits per heavy atom. The van der Waals surface area contributed by atoms with E-state index in [4.69, 9.17) is 32.8 Å². The first-order valence-electron chi connectivity index (χ1n) is 5.56. The fraction of sp³-hybridized carbons (Fsp3) is 0.900. The Kier molecular flexibility index (Phi) is 30.8. The summed E-state index contributed by atoms with van der Waals surface area (Å²) in [6.45, 7) is 4.18. The van der Waals surface area contributed by atoms with Crippen LogP contribution < -0.4 is 22.9 Å². The Bertz CT molecular complexity index is 103. The van der Waals surface area contributed by atoms with Crippen LogP contribution in [0.5, 0.6) is 0 Å². The Morgan fingerprint density at radius 1 is 0.812 bits per heavy atom. The minimum absolute atomic E-state index is 0.775. The molecule has 16 heavy (non-hydrogen) atoms. The van der Waals surface area contributed by atoms with Crippen molar-refractivity contribution in [2.45, 2.75) is 32.6 Å². The molecule has 0 aliphatic carbocycles. The van der Waals surface area contributed by atoms with E-state index in [9.17, 15) is 0 Å². The van der Waals surface area contributed by atoms with E-state index in [0.717, 1.165) is 58.8 Å². The van der Waals surface area contributed by atoms with Crippen molar-refractivity contribution < 1.29 is 9.90 Å². The molecule has 6 heteroatoms. The summed E-state index contributed by atoms with van der Waals surface area (Å²) in [5, 5.41) is 7.42. The van der Waals surface area contributed by atoms with Crippen LogP contribution in [0, 0.1) is 0 Å². The lowest BCUT2D eigenvalue weighted by atomic mass is 10.3. The van der Waals surface area contributed by atoms with Gasteiger partial charge in [-0.05, 0) is 51.9 Å². The number of rotatable bonds is 6. The molecule has 0 radical (unpaired) electrons. The van der Waals surface area contributed by atoms with Crippen molar-refractivity contribution in [1.29, 1.82) is 0 Å². The number of carbonyl (C=O) groups is 1. The Morgan fingerprint density at radius 2 is 0.938 bits per heavy atom. The normalized spacial score (nSPS) is 8.31. The quantitative estimate of drug-likeness (QED) is 0.392. The van der Waals surface area contributed by atoms with Gasteiger partial charge in [0.25, 0.3) is 5.97 Å². The lowest BCUT2D eigenvalue weighted by Gasteiger charge is -1.87. The smallest absolute Gasteiger partial charge is 0.300 e. The molecule has 0 aromatic rings. The molecule has 0 heterocycles. The average molecular weight is 236 g/mol. The third kappa shape index (κ3) is 71.5. The maximum atomic E-state index is 9.00. The van der Waals surface area contributed by atoms with Gasteiger partial charge in [0.2, 0.25) is 0 Å². The van der Waals surface area contributed by atoms with Gasteiger partial charge in [-0.25, -0.2) is 0 Å². The highest BCUT2D eigenvalue weighted by Gasteiger charge is 1.75. The molecule has 9 N–H and O–H groups in total. The van der Waals surface area contributed by atoms with Crippen molar-refractivity contribution in [3.8, 4) is 0 Å². The van der Waals surface area contributed by atoms with Gasteiger partial charge in [-0.1, -0.05) is 0 Å². The summed E-state index contributed by atoms with van der Waals surface area (Å²) in [6.07, 6.45) is 4.26. The zero-order valence-electron chi connectivity index (χ0n) is 10.3. The van der Waals surface area contributed by atoms with Crippen LogP contribution in [0.1, 0.15) is 32.6 Å². The van der Waals surface area contributed by atoms with Crippen molar-refractivity contribution in [1.82, 2.24) is 0 Å². The highest BCUT2D eigenvalue weighted by molar-refractivity contribution is 5.62. The second kappa shape index (κ2) is 23.8. The van der Waals surface area contributed by atoms with Gasteiger partial charge in [-0.3, -0.25) is 4.79 Å². The maximum Gasteiger partial charge on any atom is 0.300 e. The van der Waals surface area contributed by atoms with E-state index < -0.39 is 5.97 Å². The highest BCUT2D eigenvalue weighted by Crippen LogP contribution is 1.77. The zero-order chi connectivity index (χ0) is 13.2. The SMILES string of the molecule is CC(=O)O.NCCCCN.NCCCCN. The summed E-state index contributed by atoms with van der Waals surface area (Å²) >= 11 is 0. The topological polar surface area (TPSA) is 141 Å². The molecular formula is C10H28N4O2. The summed E-state index contributed by atoms with van der Waals surface area (Å²) in [4.78, 5) is 9.00. The number of carboxylic acids is 1. The largest absolute Gasteiger partial charge is 0.481 e. The molecular weight excluding hydrogens is 208 g/mol. The van der Waals surface area contributed by atoms with Crippen molar-refractivity contribution in [2.24, 2.45) is 22.9 Å². The van der Waals surface area contributed by atoms with E-state index in [1.54, 1.807) is 0 Å². The molecule has 0 aliphatic rings. The van der Waals surface area contributed by atoms with Crippen LogP contribution in [0.15, 0.2) is 0 Å². The molecule has 0 spiro atoms. The molecule has 0 aliphatic heterocycles. The fourth-order valence-corrected chi connectivity index (χ4v) is 0.577. The Hall–Kier alpha value is -0.690. The molecule has 0 aromatic heterocycles. The summed E-state index contributed by atoms with van der Waals surface area (Å²) < 4.78 is 0. The van der Waals surface area contributed by atoms with Crippen LogP contribution in [-0.2, 0) is 4.79 Å². The third-order valence-corrected chi connectivity index (χ3v) is 1.32. The molecule has 0 rings (SSSR count). The number of unbranched alkanes of at least 4 members (excludes halogenated alkanes) is 2. The number of hydrogen-bond donors (Lipinski definition) is 5. The highest BCUT2D eigenvalue weighted by atomic mass is 16.4. The molecule has 0 fully saturated rings. The Balaban J connectivity index is -0.000000162. The first-order chi connectivity index (χ1) is 7.56. The minimum Gasteiger partial charge on any atom is -0.481 e. The van der Waals surface area contributed by atoms with E-state index in [1.165, 1.54) is 0 Å². The van der Waals surface area contributed by atoms with Gasteiger partial charge < -0.3 is 28.0 Å². The molecule has 0 saturated heterocycles. The summed E-state index contributed by atoms with van der Waals surface area (Å²) in [5.74, 6) is -0.833. The van der Waals surface area contributed by atoms with Gasteiger partial charge >= 0.3 is 0 Å². The Labute approximate surface area is 98.4 Å². The molecule has 0 unspecified atom stereocenters. The summed E-state index contributed by atoms with van der Waals surface area (Å²) in [5.41, 5.74) is 20.6. The zero-order valence-corrected chi connectivity index (χ0v) is 10.3. The predicted octanol–water partition coefficient (Wildman–Crippen LogP) is -0.541. The van der Waals surface area contributed by atoms with Crippen LogP contribution in [0.3, 0.4) is 0 Å². The number of hydrogen-bond acceptors (Lipinski definition) is 5. The van der Waals surface area contributed by atoms with E-state index >= 15 is 0 Å². The van der Waals surface area contributed by atoms with Gasteiger partial charge in [-0.2, -0.15) is 0 Å². The molecule has 100 valence electrons. The number of aliphatic carboxylic acids is 1. The van der Waals surface area contributed by atoms with E-state index in [1.807, 2.05) is 0 Å². The van der Waals surface area contributed by atoms with Crippen molar-refractivity contribution in [3.63, 3.8) is 0 Å². The fourth-order valence-electron chi connectivity index (χ4n) is 0.577. The summed E-state index contributed by atoms with van der Waals surface area (Å²) in [6, 6.07) is 0. The standard InChI is InChI=1S/2C4H12N2.C2H4O2/c2*5-3-1-2-4-6;1-2(3)4/h2*1-6H2;1H3,(H,3,4). The second-order valence-electron chi connectivity index (χ2n) is 3.09. The average Bonchev–Trinajstić information content (AvgIpc) is 2.23. The van der Waals surface area contributed by atoms with Crippen molar-refractivity contribution >= 4 is 5.97 Å². The first-order valence-corrected chi connectivity index (χ1v) is 5.56. The predicted molar refractivity (Wildman–Crippen MR) is 68.0 cm³/mol. The van der Waals surface area contributed by atoms with E-state index in [0.29, 0.717) is 0 Å². The van der Waals surface area contributed by atoms with Crippen LogP contribution in [0.4, 0.5) is 0 Å². The maximum absolute atomic E-state index is 9.00. The van der Waals surface area contributed by atoms with Crippen LogP contribution >= 0.6 is 0 Å². The van der Waals surface area contributed by atoms with Crippen molar-refractivity contribution in [3.05, 3.63) is 0 Å². The molecule has 0 saturated carbocycles. The summed E-state index contributed by atoms with van der Waals surface area (Å²) in [7, 11) is 0. The lowest BCUT2D eigenvalue weighted by Crippen LogP contribution is -2.03. The number of nitrogens with two attached hydrogens (primary N) is 4. The monoisotopic (exact) mass is 236 g/mol. The van der Waals surface area contributed by atoms with Crippen molar-refractivity contribution in [2.75, 3.05) is 26.2 Å². The minimum atomic E-state index is -0.833. The van der Waals surface area contributed by atoms with Gasteiger partial charge in [0.15, 0.2) is 0 Å². The lowest BCUT2D eigenvalue weighted by molar-refractivity contribution is -0.134. The third-order valence-electron chi connectivity index (χ3n) is 1.32. The molecule has 6 nitrogen and oxygen atoms in total. The van der Waals surface area contributed by atoms with Gasteiger partial charge in [0.1, 0.15) is 0 Å².